The molecule has 2 atom stereocenters. The molecule has 0 aromatic heterocycles. The summed E-state index contributed by atoms with van der Waals surface area (Å²) < 4.78 is 0.344. The van der Waals surface area contributed by atoms with Crippen LogP contribution in [0, 0.1) is 5.92 Å². The van der Waals surface area contributed by atoms with Crippen molar-refractivity contribution in [2.24, 2.45) is 5.92 Å². The fourth-order valence-corrected chi connectivity index (χ4v) is 3.96. The predicted molar refractivity (Wildman–Crippen MR) is 77.7 cm³/mol. The van der Waals surface area contributed by atoms with E-state index in [4.69, 9.17) is 0 Å². The van der Waals surface area contributed by atoms with Crippen molar-refractivity contribution in [2.75, 3.05) is 12.8 Å². The zero-order valence-corrected chi connectivity index (χ0v) is 12.8. The average molecular weight is 270 g/mol. The SMILES string of the molecule is CSC1(CN2C(=O)C(C)NC2CC(C)C)CCC1. The van der Waals surface area contributed by atoms with Crippen LogP contribution in [0.4, 0.5) is 0 Å². The topological polar surface area (TPSA) is 32.3 Å². The number of nitrogens with zero attached hydrogens (tertiary/aromatic N) is 1. The molecule has 1 N–H and O–H groups in total. The van der Waals surface area contributed by atoms with Crippen LogP contribution in [0.5, 0.6) is 0 Å². The lowest BCUT2D eigenvalue weighted by Crippen LogP contribution is -2.50. The van der Waals surface area contributed by atoms with E-state index in [-0.39, 0.29) is 12.2 Å². The van der Waals surface area contributed by atoms with Crippen molar-refractivity contribution in [1.29, 1.82) is 0 Å². The maximum atomic E-state index is 12.3. The highest BCUT2D eigenvalue weighted by atomic mass is 32.2. The Morgan fingerprint density at radius 3 is 2.61 bits per heavy atom. The molecule has 1 aliphatic carbocycles. The standard InChI is InChI=1S/C14H26N2OS/c1-10(2)8-12-15-11(3)13(17)16(12)9-14(18-4)6-5-7-14/h10-12,15H,5-9H2,1-4H3. The molecule has 0 aromatic carbocycles. The molecule has 1 saturated heterocycles. The van der Waals surface area contributed by atoms with Gasteiger partial charge in [-0.2, -0.15) is 11.8 Å². The largest absolute Gasteiger partial charge is 0.324 e. The van der Waals surface area contributed by atoms with E-state index in [9.17, 15) is 4.79 Å². The van der Waals surface area contributed by atoms with Crippen molar-refractivity contribution in [1.82, 2.24) is 10.2 Å². The van der Waals surface area contributed by atoms with E-state index in [1.54, 1.807) is 0 Å². The number of hydrogen-bond donors (Lipinski definition) is 1. The van der Waals surface area contributed by atoms with Crippen LogP contribution in [0.1, 0.15) is 46.5 Å². The van der Waals surface area contributed by atoms with Crippen LogP contribution in [0.2, 0.25) is 0 Å². The molecule has 0 bridgehead atoms. The summed E-state index contributed by atoms with van der Waals surface area (Å²) in [4.78, 5) is 14.4. The predicted octanol–water partition coefficient (Wildman–Crippen LogP) is 2.46. The highest BCUT2D eigenvalue weighted by Crippen LogP contribution is 2.44. The Balaban J connectivity index is 2.04. The minimum atomic E-state index is -0.00673. The minimum Gasteiger partial charge on any atom is -0.324 e. The van der Waals surface area contributed by atoms with Crippen LogP contribution in [-0.2, 0) is 4.79 Å². The quantitative estimate of drug-likeness (QED) is 0.833. The molecule has 0 aromatic rings. The molecule has 2 fully saturated rings. The number of rotatable bonds is 5. The number of carbonyl (C=O) groups is 1. The van der Waals surface area contributed by atoms with Gasteiger partial charge in [0.05, 0.1) is 12.2 Å². The van der Waals surface area contributed by atoms with E-state index >= 15 is 0 Å². The third-order valence-electron chi connectivity index (χ3n) is 4.32. The van der Waals surface area contributed by atoms with Crippen LogP contribution in [0.15, 0.2) is 0 Å². The number of hydrogen-bond acceptors (Lipinski definition) is 3. The zero-order valence-electron chi connectivity index (χ0n) is 12.0. The normalized spacial score (nSPS) is 30.9. The van der Waals surface area contributed by atoms with E-state index in [2.05, 4.69) is 30.3 Å². The Morgan fingerprint density at radius 2 is 2.17 bits per heavy atom. The van der Waals surface area contributed by atoms with Crippen LogP contribution >= 0.6 is 11.8 Å². The summed E-state index contributed by atoms with van der Waals surface area (Å²) in [5, 5.41) is 3.45. The lowest BCUT2D eigenvalue weighted by Gasteiger charge is -2.44. The molecular weight excluding hydrogens is 244 g/mol. The first-order valence-corrected chi connectivity index (χ1v) is 8.31. The van der Waals surface area contributed by atoms with Gasteiger partial charge in [0, 0.05) is 11.3 Å². The smallest absolute Gasteiger partial charge is 0.240 e. The van der Waals surface area contributed by atoms with E-state index < -0.39 is 0 Å². The van der Waals surface area contributed by atoms with Gasteiger partial charge in [-0.1, -0.05) is 20.3 Å². The maximum absolute atomic E-state index is 12.3. The van der Waals surface area contributed by atoms with Crippen LogP contribution in [0.25, 0.3) is 0 Å². The Hall–Kier alpha value is -0.220. The molecule has 1 amide bonds. The number of carbonyl (C=O) groups excluding carboxylic acids is 1. The van der Waals surface area contributed by atoms with Gasteiger partial charge in [-0.3, -0.25) is 10.1 Å². The molecule has 0 radical (unpaired) electrons. The maximum Gasteiger partial charge on any atom is 0.240 e. The summed E-state index contributed by atoms with van der Waals surface area (Å²) in [7, 11) is 0. The average Bonchev–Trinajstić information content (AvgIpc) is 2.49. The Morgan fingerprint density at radius 1 is 1.50 bits per heavy atom. The second-order valence-corrected chi connectivity index (χ2v) is 7.51. The van der Waals surface area contributed by atoms with Crippen LogP contribution in [-0.4, -0.2) is 40.6 Å². The van der Waals surface area contributed by atoms with Crippen molar-refractivity contribution in [3.05, 3.63) is 0 Å². The first kappa shape index (κ1) is 14.2. The highest BCUT2D eigenvalue weighted by Gasteiger charge is 2.44. The lowest BCUT2D eigenvalue weighted by atomic mass is 9.83. The molecule has 1 aliphatic heterocycles. The van der Waals surface area contributed by atoms with Crippen molar-refractivity contribution >= 4 is 17.7 Å². The van der Waals surface area contributed by atoms with E-state index in [1.807, 2.05) is 18.7 Å². The Labute approximate surface area is 115 Å². The van der Waals surface area contributed by atoms with E-state index in [0.29, 0.717) is 16.6 Å². The van der Waals surface area contributed by atoms with Gasteiger partial charge >= 0.3 is 0 Å². The fourth-order valence-electron chi connectivity index (χ4n) is 2.99. The van der Waals surface area contributed by atoms with Gasteiger partial charge in [0.25, 0.3) is 0 Å². The molecule has 1 heterocycles. The van der Waals surface area contributed by atoms with Crippen molar-refractivity contribution in [2.45, 2.75) is 63.4 Å². The first-order valence-electron chi connectivity index (χ1n) is 7.09. The van der Waals surface area contributed by atoms with Crippen molar-refractivity contribution < 1.29 is 4.79 Å². The molecule has 0 spiro atoms. The molecule has 104 valence electrons. The molecule has 4 heteroatoms. The van der Waals surface area contributed by atoms with Crippen molar-refractivity contribution in [3.8, 4) is 0 Å². The third-order valence-corrected chi connectivity index (χ3v) is 5.73. The minimum absolute atomic E-state index is 0.00673. The van der Waals surface area contributed by atoms with E-state index in [1.165, 1.54) is 19.3 Å². The second-order valence-electron chi connectivity index (χ2n) is 6.24. The van der Waals surface area contributed by atoms with Gasteiger partial charge in [0.15, 0.2) is 0 Å². The van der Waals surface area contributed by atoms with Gasteiger partial charge in [-0.25, -0.2) is 0 Å². The Bertz CT molecular complexity index is 309. The molecule has 2 rings (SSSR count). The second kappa shape index (κ2) is 5.41. The first-order chi connectivity index (χ1) is 8.47. The summed E-state index contributed by atoms with van der Waals surface area (Å²) in [6.45, 7) is 7.37. The number of nitrogens with one attached hydrogen (secondary N) is 1. The van der Waals surface area contributed by atoms with Gasteiger partial charge < -0.3 is 4.90 Å². The Kier molecular flexibility index (Phi) is 4.27. The highest BCUT2D eigenvalue weighted by molar-refractivity contribution is 8.00. The molecule has 1 saturated carbocycles. The summed E-state index contributed by atoms with van der Waals surface area (Å²) in [6, 6.07) is -0.00673. The van der Waals surface area contributed by atoms with E-state index in [0.717, 1.165) is 13.0 Å². The molecule has 3 nitrogen and oxygen atoms in total. The van der Waals surface area contributed by atoms with Crippen LogP contribution < -0.4 is 5.32 Å². The zero-order chi connectivity index (χ0) is 13.3. The van der Waals surface area contributed by atoms with Crippen LogP contribution in [0.3, 0.4) is 0 Å². The monoisotopic (exact) mass is 270 g/mol. The summed E-state index contributed by atoms with van der Waals surface area (Å²) in [5.41, 5.74) is 0. The fraction of sp³-hybridized carbons (Fsp3) is 0.929. The number of amides is 1. The molecule has 2 unspecified atom stereocenters. The lowest BCUT2D eigenvalue weighted by molar-refractivity contribution is -0.130. The summed E-state index contributed by atoms with van der Waals surface area (Å²) in [5.74, 6) is 0.913. The molecule has 2 aliphatic rings. The number of thioether (sulfide) groups is 1. The van der Waals surface area contributed by atoms with Gasteiger partial charge in [-0.15, -0.1) is 0 Å². The van der Waals surface area contributed by atoms with Gasteiger partial charge in [-0.05, 0) is 38.4 Å². The molecule has 18 heavy (non-hydrogen) atoms. The van der Waals surface area contributed by atoms with Gasteiger partial charge in [0.2, 0.25) is 5.91 Å². The third kappa shape index (κ3) is 2.69. The summed E-state index contributed by atoms with van der Waals surface area (Å²) in [6.07, 6.45) is 7.34. The summed E-state index contributed by atoms with van der Waals surface area (Å²) >= 11 is 1.95. The van der Waals surface area contributed by atoms with Crippen molar-refractivity contribution in [3.63, 3.8) is 0 Å². The van der Waals surface area contributed by atoms with Gasteiger partial charge in [0.1, 0.15) is 0 Å². The molecular formula is C14H26N2OS.